The van der Waals surface area contributed by atoms with Crippen LogP contribution in [0.15, 0.2) is 25.3 Å². The van der Waals surface area contributed by atoms with Crippen LogP contribution in [0.25, 0.3) is 0 Å². The summed E-state index contributed by atoms with van der Waals surface area (Å²) in [5.74, 6) is 0. The van der Waals surface area contributed by atoms with E-state index in [0.29, 0.717) is 0 Å². The van der Waals surface area contributed by atoms with Crippen molar-refractivity contribution in [1.29, 1.82) is 0 Å². The molecule has 3 heteroatoms. The van der Waals surface area contributed by atoms with Crippen molar-refractivity contribution in [1.82, 2.24) is 0 Å². The zero-order chi connectivity index (χ0) is 19.5. The van der Waals surface area contributed by atoms with Crippen LogP contribution in [0.2, 0.25) is 0 Å². The first-order chi connectivity index (χ1) is 12.6. The standard InChI is InChI=1S/C24H44O2.Pt/c1-7-13-17-21-22(18-14-8-2)26-24(12-6,20-16-10-4)23(11-5,25-21)19-15-9-3;/h11-12,21-22H,5-10,13-20H2,1-4H3;. The zero-order valence-electron chi connectivity index (χ0n) is 18.3. The predicted molar refractivity (Wildman–Crippen MR) is 114 cm³/mol. The average Bonchev–Trinajstić information content (AvgIpc) is 2.68. The molecule has 0 radical (unpaired) electrons. The Balaban J connectivity index is 0.00000676. The molecule has 0 aliphatic carbocycles. The summed E-state index contributed by atoms with van der Waals surface area (Å²) in [6.45, 7) is 17.4. The molecule has 1 aliphatic rings. The smallest absolute Gasteiger partial charge is 0.119 e. The molecule has 4 unspecified atom stereocenters. The van der Waals surface area contributed by atoms with Crippen molar-refractivity contribution in [2.24, 2.45) is 0 Å². The van der Waals surface area contributed by atoms with Crippen molar-refractivity contribution < 1.29 is 30.5 Å². The largest absolute Gasteiger partial charge is 0.362 e. The number of rotatable bonds is 14. The SMILES string of the molecule is C=CC1(CCCC)OC(CCCC)C(CCCC)OC1(C=C)CCCC.[Pt]. The molecule has 1 heterocycles. The molecule has 0 aromatic carbocycles. The summed E-state index contributed by atoms with van der Waals surface area (Å²) in [6, 6.07) is 0. The van der Waals surface area contributed by atoms with Crippen LogP contribution < -0.4 is 0 Å². The Morgan fingerprint density at radius 3 is 1.26 bits per heavy atom. The predicted octanol–water partition coefficient (Wildman–Crippen LogP) is 7.38. The van der Waals surface area contributed by atoms with Gasteiger partial charge in [-0.15, -0.1) is 13.2 Å². The molecule has 1 rings (SSSR count). The second-order valence-corrected chi connectivity index (χ2v) is 7.99. The van der Waals surface area contributed by atoms with Crippen LogP contribution in [0, 0.1) is 0 Å². The van der Waals surface area contributed by atoms with Gasteiger partial charge >= 0.3 is 0 Å². The van der Waals surface area contributed by atoms with Gasteiger partial charge in [-0.25, -0.2) is 0 Å². The summed E-state index contributed by atoms with van der Waals surface area (Å²) < 4.78 is 13.9. The maximum absolute atomic E-state index is 6.93. The molecule has 162 valence electrons. The maximum Gasteiger partial charge on any atom is 0.119 e. The number of unbranched alkanes of at least 4 members (excludes halogenated alkanes) is 4. The van der Waals surface area contributed by atoms with E-state index in [-0.39, 0.29) is 33.3 Å². The third-order valence-corrected chi connectivity index (χ3v) is 6.00. The van der Waals surface area contributed by atoms with Crippen LogP contribution in [0.4, 0.5) is 0 Å². The molecular weight excluding hydrogens is 515 g/mol. The van der Waals surface area contributed by atoms with E-state index in [4.69, 9.17) is 9.47 Å². The van der Waals surface area contributed by atoms with Crippen molar-refractivity contribution in [3.05, 3.63) is 25.3 Å². The van der Waals surface area contributed by atoms with Gasteiger partial charge in [0.05, 0.1) is 12.2 Å². The fourth-order valence-corrected chi connectivity index (χ4v) is 4.26. The Labute approximate surface area is 183 Å². The van der Waals surface area contributed by atoms with Crippen molar-refractivity contribution in [2.45, 2.75) is 128 Å². The van der Waals surface area contributed by atoms with E-state index < -0.39 is 11.2 Å². The van der Waals surface area contributed by atoms with Gasteiger partial charge in [0.2, 0.25) is 0 Å². The van der Waals surface area contributed by atoms with Gasteiger partial charge in [-0.3, -0.25) is 0 Å². The van der Waals surface area contributed by atoms with Crippen molar-refractivity contribution in [2.75, 3.05) is 0 Å². The minimum Gasteiger partial charge on any atom is -0.362 e. The van der Waals surface area contributed by atoms with Gasteiger partial charge in [0.25, 0.3) is 0 Å². The Hall–Kier alpha value is 0.0883. The fourth-order valence-electron chi connectivity index (χ4n) is 4.26. The average molecular weight is 560 g/mol. The quantitative estimate of drug-likeness (QED) is 0.207. The first kappa shape index (κ1) is 27.1. The Morgan fingerprint density at radius 1 is 0.667 bits per heavy atom. The van der Waals surface area contributed by atoms with E-state index in [2.05, 4.69) is 40.9 Å². The molecule has 2 nitrogen and oxygen atoms in total. The number of hydrogen-bond donors (Lipinski definition) is 0. The summed E-state index contributed by atoms with van der Waals surface area (Å²) in [5.41, 5.74) is -0.887. The number of hydrogen-bond acceptors (Lipinski definition) is 2. The summed E-state index contributed by atoms with van der Waals surface area (Å²) in [4.78, 5) is 0. The second-order valence-electron chi connectivity index (χ2n) is 7.99. The normalized spacial score (nSPS) is 30.5. The second kappa shape index (κ2) is 14.1. The molecule has 0 amide bonds. The molecule has 0 spiro atoms. The van der Waals surface area contributed by atoms with Gasteiger partial charge in [-0.05, 0) is 25.7 Å². The Morgan fingerprint density at radius 2 is 1.00 bits per heavy atom. The molecule has 1 fully saturated rings. The van der Waals surface area contributed by atoms with E-state index in [1.165, 1.54) is 25.7 Å². The van der Waals surface area contributed by atoms with Crippen molar-refractivity contribution in [3.8, 4) is 0 Å². The summed E-state index contributed by atoms with van der Waals surface area (Å²) in [7, 11) is 0. The van der Waals surface area contributed by atoms with Crippen LogP contribution in [0.3, 0.4) is 0 Å². The minimum atomic E-state index is -0.443. The summed E-state index contributed by atoms with van der Waals surface area (Å²) >= 11 is 0. The molecule has 4 atom stereocenters. The molecule has 1 saturated heterocycles. The van der Waals surface area contributed by atoms with Gasteiger partial charge in [-0.2, -0.15) is 0 Å². The molecule has 27 heavy (non-hydrogen) atoms. The minimum absolute atomic E-state index is 0. The van der Waals surface area contributed by atoms with Crippen LogP contribution >= 0.6 is 0 Å². The van der Waals surface area contributed by atoms with E-state index in [1.807, 2.05) is 12.2 Å². The fraction of sp³-hybridized carbons (Fsp3) is 0.833. The molecule has 0 N–H and O–H groups in total. The molecular formula is C24H44O2Pt. The van der Waals surface area contributed by atoms with Crippen LogP contribution in [-0.2, 0) is 30.5 Å². The molecule has 0 bridgehead atoms. The third kappa shape index (κ3) is 6.83. The monoisotopic (exact) mass is 559 g/mol. The van der Waals surface area contributed by atoms with Crippen molar-refractivity contribution >= 4 is 0 Å². The van der Waals surface area contributed by atoms with E-state index in [9.17, 15) is 0 Å². The van der Waals surface area contributed by atoms with Crippen LogP contribution in [0.1, 0.15) is 105 Å². The van der Waals surface area contributed by atoms with Gasteiger partial charge in [0, 0.05) is 21.1 Å². The van der Waals surface area contributed by atoms with Gasteiger partial charge in [0.1, 0.15) is 11.2 Å². The topological polar surface area (TPSA) is 18.5 Å². The van der Waals surface area contributed by atoms with E-state index in [0.717, 1.165) is 51.4 Å². The number of ether oxygens (including phenoxy) is 2. The molecule has 0 aromatic heterocycles. The van der Waals surface area contributed by atoms with Gasteiger partial charge < -0.3 is 9.47 Å². The first-order valence-corrected chi connectivity index (χ1v) is 11.2. The van der Waals surface area contributed by atoms with E-state index >= 15 is 0 Å². The molecule has 1 aliphatic heterocycles. The Kier molecular flexibility index (Phi) is 14.2. The van der Waals surface area contributed by atoms with Crippen LogP contribution in [0.5, 0.6) is 0 Å². The summed E-state index contributed by atoms with van der Waals surface area (Å²) in [5, 5.41) is 0. The first-order valence-electron chi connectivity index (χ1n) is 11.2. The Bertz CT molecular complexity index is 373. The third-order valence-electron chi connectivity index (χ3n) is 6.00. The van der Waals surface area contributed by atoms with Crippen molar-refractivity contribution in [3.63, 3.8) is 0 Å². The summed E-state index contributed by atoms with van der Waals surface area (Å²) in [6.07, 6.45) is 17.8. The maximum atomic E-state index is 6.93. The van der Waals surface area contributed by atoms with Gasteiger partial charge in [-0.1, -0.05) is 91.2 Å². The van der Waals surface area contributed by atoms with E-state index in [1.54, 1.807) is 0 Å². The van der Waals surface area contributed by atoms with Gasteiger partial charge in [0.15, 0.2) is 0 Å². The molecule has 0 aromatic rings. The zero-order valence-corrected chi connectivity index (χ0v) is 20.6. The van der Waals surface area contributed by atoms with Crippen LogP contribution in [-0.4, -0.2) is 23.4 Å². The molecule has 0 saturated carbocycles.